The average Bonchev–Trinajstić information content (AvgIpc) is 2.31. The van der Waals surface area contributed by atoms with Gasteiger partial charge in [0, 0.05) is 11.5 Å². The maximum absolute atomic E-state index is 3.50. The topological polar surface area (TPSA) is 15.3 Å². The van der Waals surface area contributed by atoms with Crippen molar-refractivity contribution in [2.24, 2.45) is 0 Å². The molecule has 0 saturated carbocycles. The third-order valence-corrected chi connectivity index (χ3v) is 3.35. The highest BCUT2D eigenvalue weighted by Gasteiger charge is 2.18. The van der Waals surface area contributed by atoms with E-state index in [2.05, 4.69) is 63.5 Å². The summed E-state index contributed by atoms with van der Waals surface area (Å²) in [5.74, 6) is 0. The standard InChI is InChI=1S/C13H11BrN2/c1-16-12-5-3-2-4-10(12)15-11-7-6-9(14)8-13(11)16/h2-8,15H,1H3. The summed E-state index contributed by atoms with van der Waals surface area (Å²) in [7, 11) is 2.09. The van der Waals surface area contributed by atoms with Gasteiger partial charge in [-0.05, 0) is 30.3 Å². The van der Waals surface area contributed by atoms with Crippen LogP contribution in [0.15, 0.2) is 46.9 Å². The van der Waals surface area contributed by atoms with Gasteiger partial charge < -0.3 is 10.2 Å². The summed E-state index contributed by atoms with van der Waals surface area (Å²) in [6, 6.07) is 14.6. The van der Waals surface area contributed by atoms with Crippen molar-refractivity contribution in [2.75, 3.05) is 17.3 Å². The van der Waals surface area contributed by atoms with Gasteiger partial charge in [-0.15, -0.1) is 0 Å². The van der Waals surface area contributed by atoms with Crippen LogP contribution in [0.5, 0.6) is 0 Å². The summed E-state index contributed by atoms with van der Waals surface area (Å²) in [5, 5.41) is 3.44. The summed E-state index contributed by atoms with van der Waals surface area (Å²) in [6.07, 6.45) is 0. The number of benzene rings is 2. The SMILES string of the molecule is CN1c2ccccc2Nc2ccc(Br)cc21. The number of rotatable bonds is 0. The van der Waals surface area contributed by atoms with Crippen molar-refractivity contribution < 1.29 is 0 Å². The van der Waals surface area contributed by atoms with Crippen molar-refractivity contribution in [3.05, 3.63) is 46.9 Å². The third-order valence-electron chi connectivity index (χ3n) is 2.86. The van der Waals surface area contributed by atoms with Gasteiger partial charge >= 0.3 is 0 Å². The molecule has 0 fully saturated rings. The predicted molar refractivity (Wildman–Crippen MR) is 71.9 cm³/mol. The largest absolute Gasteiger partial charge is 0.352 e. The Balaban J connectivity index is 2.19. The van der Waals surface area contributed by atoms with E-state index in [9.17, 15) is 0 Å². The molecule has 16 heavy (non-hydrogen) atoms. The Bertz CT molecular complexity index is 551. The molecule has 1 N–H and O–H groups in total. The molecule has 0 aliphatic carbocycles. The van der Waals surface area contributed by atoms with Crippen molar-refractivity contribution in [1.82, 2.24) is 0 Å². The zero-order chi connectivity index (χ0) is 11.1. The van der Waals surface area contributed by atoms with E-state index in [4.69, 9.17) is 0 Å². The fourth-order valence-corrected chi connectivity index (χ4v) is 2.38. The minimum Gasteiger partial charge on any atom is -0.352 e. The van der Waals surface area contributed by atoms with E-state index < -0.39 is 0 Å². The number of hydrogen-bond donors (Lipinski definition) is 1. The maximum Gasteiger partial charge on any atom is 0.0659 e. The molecule has 0 unspecified atom stereocenters. The Morgan fingerprint density at radius 3 is 2.62 bits per heavy atom. The highest BCUT2D eigenvalue weighted by Crippen LogP contribution is 2.43. The molecule has 3 rings (SSSR count). The lowest BCUT2D eigenvalue weighted by molar-refractivity contribution is 1.18. The fourth-order valence-electron chi connectivity index (χ4n) is 2.03. The normalized spacial score (nSPS) is 12.8. The first kappa shape index (κ1) is 9.73. The minimum atomic E-state index is 1.10. The molecule has 2 nitrogen and oxygen atoms in total. The second-order valence-electron chi connectivity index (χ2n) is 3.86. The Hall–Kier alpha value is -1.48. The zero-order valence-electron chi connectivity index (χ0n) is 8.87. The van der Waals surface area contributed by atoms with E-state index in [-0.39, 0.29) is 0 Å². The molecule has 0 amide bonds. The molecule has 80 valence electrons. The Labute approximate surface area is 103 Å². The quantitative estimate of drug-likeness (QED) is 0.772. The van der Waals surface area contributed by atoms with Crippen LogP contribution in [-0.2, 0) is 0 Å². The van der Waals surface area contributed by atoms with Gasteiger partial charge in [-0.1, -0.05) is 28.1 Å². The molecule has 1 aliphatic rings. The van der Waals surface area contributed by atoms with Crippen LogP contribution in [0.3, 0.4) is 0 Å². The van der Waals surface area contributed by atoms with Crippen molar-refractivity contribution >= 4 is 38.7 Å². The number of fused-ring (bicyclic) bond motifs is 2. The van der Waals surface area contributed by atoms with E-state index >= 15 is 0 Å². The van der Waals surface area contributed by atoms with Crippen LogP contribution in [-0.4, -0.2) is 7.05 Å². The summed E-state index contributed by atoms with van der Waals surface area (Å²) < 4.78 is 1.10. The molecule has 3 heteroatoms. The molecule has 2 aromatic rings. The van der Waals surface area contributed by atoms with E-state index in [0.717, 1.165) is 15.8 Å². The summed E-state index contributed by atoms with van der Waals surface area (Å²) >= 11 is 3.50. The van der Waals surface area contributed by atoms with Gasteiger partial charge in [0.2, 0.25) is 0 Å². The molecular weight excluding hydrogens is 264 g/mol. The van der Waals surface area contributed by atoms with E-state index in [0.29, 0.717) is 0 Å². The van der Waals surface area contributed by atoms with Crippen molar-refractivity contribution in [1.29, 1.82) is 0 Å². The molecule has 2 aromatic carbocycles. The highest BCUT2D eigenvalue weighted by molar-refractivity contribution is 9.10. The van der Waals surface area contributed by atoms with Gasteiger partial charge in [-0.25, -0.2) is 0 Å². The molecule has 0 radical (unpaired) electrons. The van der Waals surface area contributed by atoms with E-state index in [1.165, 1.54) is 11.4 Å². The first-order valence-electron chi connectivity index (χ1n) is 5.15. The third kappa shape index (κ3) is 1.39. The molecule has 0 aromatic heterocycles. The van der Waals surface area contributed by atoms with Gasteiger partial charge in [0.1, 0.15) is 0 Å². The van der Waals surface area contributed by atoms with Crippen LogP contribution < -0.4 is 10.2 Å². The average molecular weight is 275 g/mol. The van der Waals surface area contributed by atoms with E-state index in [1.807, 2.05) is 12.1 Å². The predicted octanol–water partition coefficient (Wildman–Crippen LogP) is 4.27. The number of nitrogens with zero attached hydrogens (tertiary/aromatic N) is 1. The highest BCUT2D eigenvalue weighted by atomic mass is 79.9. The van der Waals surface area contributed by atoms with Gasteiger partial charge in [-0.2, -0.15) is 0 Å². The maximum atomic E-state index is 3.50. The van der Waals surface area contributed by atoms with Crippen LogP contribution in [0.4, 0.5) is 22.7 Å². The van der Waals surface area contributed by atoms with Gasteiger partial charge in [0.15, 0.2) is 0 Å². The van der Waals surface area contributed by atoms with Crippen LogP contribution in [0, 0.1) is 0 Å². The van der Waals surface area contributed by atoms with Crippen molar-refractivity contribution in [3.63, 3.8) is 0 Å². The van der Waals surface area contributed by atoms with Crippen LogP contribution in [0.1, 0.15) is 0 Å². The Morgan fingerprint density at radius 2 is 1.75 bits per heavy atom. The number of anilines is 4. The van der Waals surface area contributed by atoms with Crippen LogP contribution >= 0.6 is 15.9 Å². The Morgan fingerprint density at radius 1 is 1.00 bits per heavy atom. The summed E-state index contributed by atoms with van der Waals surface area (Å²) in [5.41, 5.74) is 4.69. The Kier molecular flexibility index (Phi) is 2.14. The molecule has 0 bridgehead atoms. The van der Waals surface area contributed by atoms with Crippen LogP contribution in [0.25, 0.3) is 0 Å². The number of halogens is 1. The lowest BCUT2D eigenvalue weighted by atomic mass is 10.1. The smallest absolute Gasteiger partial charge is 0.0659 e. The minimum absolute atomic E-state index is 1.10. The van der Waals surface area contributed by atoms with Crippen LogP contribution in [0.2, 0.25) is 0 Å². The first-order chi connectivity index (χ1) is 7.75. The van der Waals surface area contributed by atoms with Gasteiger partial charge in [0.25, 0.3) is 0 Å². The second-order valence-corrected chi connectivity index (χ2v) is 4.78. The van der Waals surface area contributed by atoms with E-state index in [1.54, 1.807) is 0 Å². The molecule has 0 saturated heterocycles. The second kappa shape index (κ2) is 3.52. The van der Waals surface area contributed by atoms with Gasteiger partial charge in [0.05, 0.1) is 22.7 Å². The molecule has 0 atom stereocenters. The lowest BCUT2D eigenvalue weighted by Crippen LogP contribution is -2.17. The van der Waals surface area contributed by atoms with Crippen molar-refractivity contribution in [2.45, 2.75) is 0 Å². The zero-order valence-corrected chi connectivity index (χ0v) is 10.5. The summed E-state index contributed by atoms with van der Waals surface area (Å²) in [4.78, 5) is 2.20. The molecule has 1 aliphatic heterocycles. The monoisotopic (exact) mass is 274 g/mol. The molecule has 1 heterocycles. The lowest BCUT2D eigenvalue weighted by Gasteiger charge is -2.30. The molecular formula is C13H11BrN2. The first-order valence-corrected chi connectivity index (χ1v) is 5.94. The summed E-state index contributed by atoms with van der Waals surface area (Å²) in [6.45, 7) is 0. The molecule has 0 spiro atoms. The number of hydrogen-bond acceptors (Lipinski definition) is 2. The number of para-hydroxylation sites is 2. The van der Waals surface area contributed by atoms with Gasteiger partial charge in [-0.3, -0.25) is 0 Å². The number of nitrogens with one attached hydrogen (secondary N) is 1. The fraction of sp³-hybridized carbons (Fsp3) is 0.0769. The van der Waals surface area contributed by atoms with Crippen molar-refractivity contribution in [3.8, 4) is 0 Å².